The summed E-state index contributed by atoms with van der Waals surface area (Å²) in [5, 5.41) is 12.2. The molecule has 1 amide bonds. The molecule has 0 spiro atoms. The number of benzene rings is 1. The number of aromatic nitrogens is 5. The summed E-state index contributed by atoms with van der Waals surface area (Å²) in [6.07, 6.45) is 4.07. The molecule has 0 saturated heterocycles. The van der Waals surface area contributed by atoms with Crippen LogP contribution in [-0.2, 0) is 27.2 Å². The number of amides is 1. The van der Waals surface area contributed by atoms with E-state index in [2.05, 4.69) is 32.2 Å². The highest BCUT2D eigenvalue weighted by molar-refractivity contribution is 6.04. The number of nitrogens with zero attached hydrogens (tertiary/aromatic N) is 8. The summed E-state index contributed by atoms with van der Waals surface area (Å²) < 4.78 is 25.7. The molecular formula is C32H37N9O5. The molecule has 0 aliphatic heterocycles. The van der Waals surface area contributed by atoms with Gasteiger partial charge in [0.15, 0.2) is 0 Å². The Morgan fingerprint density at radius 3 is 2.54 bits per heavy atom. The highest BCUT2D eigenvalue weighted by Crippen LogP contribution is 2.25. The first-order valence-electron chi connectivity index (χ1n) is 15.1. The number of carbonyl (C=O) groups is 1. The number of aryl methyl sites for hydroxylation is 2. The van der Waals surface area contributed by atoms with E-state index in [1.54, 1.807) is 28.9 Å². The van der Waals surface area contributed by atoms with Gasteiger partial charge in [0.1, 0.15) is 23.7 Å². The lowest BCUT2D eigenvalue weighted by atomic mass is 10.1. The maximum absolute atomic E-state index is 13.3. The standard InChI is InChI=1S/C32H37N9O5/c1-3-28-27-19-24(7-8-29(27)41(38-28)22-25-6-4-5-23(2)36-25)37-32(42)30-21-34-31-20-26(9-11-40(30)31)46-18-17-45-16-15-44-14-13-43-12-10-35-39-33/h4-9,11,19-21H,3,10,12-18,22H2,1-2H3,(H,37,42). The minimum absolute atomic E-state index is 0.273. The molecule has 0 aliphatic rings. The zero-order valence-electron chi connectivity index (χ0n) is 26.0. The minimum atomic E-state index is -0.273. The SMILES string of the molecule is CCc1nn(Cc2cccc(C)n2)c2ccc(NC(=O)c3cnc4cc(OCCOCCOCCOCCN=[N+]=[N-])ccn34)cc12. The van der Waals surface area contributed by atoms with Crippen LogP contribution in [0.4, 0.5) is 5.69 Å². The van der Waals surface area contributed by atoms with E-state index in [9.17, 15) is 4.79 Å². The Balaban J connectivity index is 1.10. The van der Waals surface area contributed by atoms with E-state index in [4.69, 9.17) is 29.6 Å². The van der Waals surface area contributed by atoms with Gasteiger partial charge >= 0.3 is 0 Å². The van der Waals surface area contributed by atoms with Gasteiger partial charge in [0, 0.05) is 40.5 Å². The Labute approximate surface area is 265 Å². The second-order valence-electron chi connectivity index (χ2n) is 10.3. The van der Waals surface area contributed by atoms with E-state index in [1.165, 1.54) is 0 Å². The van der Waals surface area contributed by atoms with Crippen LogP contribution >= 0.6 is 0 Å². The molecule has 0 aliphatic carbocycles. The normalized spacial score (nSPS) is 11.2. The van der Waals surface area contributed by atoms with Crippen LogP contribution in [0.25, 0.3) is 27.0 Å². The summed E-state index contributed by atoms with van der Waals surface area (Å²) in [7, 11) is 0. The lowest BCUT2D eigenvalue weighted by molar-refractivity contribution is 0.0106. The largest absolute Gasteiger partial charge is 0.491 e. The molecule has 0 saturated carbocycles. The van der Waals surface area contributed by atoms with Crippen molar-refractivity contribution in [3.8, 4) is 5.75 Å². The Morgan fingerprint density at radius 1 is 1.00 bits per heavy atom. The number of nitrogens with one attached hydrogen (secondary N) is 1. The predicted octanol–water partition coefficient (Wildman–Crippen LogP) is 4.99. The smallest absolute Gasteiger partial charge is 0.274 e. The van der Waals surface area contributed by atoms with Gasteiger partial charge in [-0.3, -0.25) is 18.9 Å². The number of hydrogen-bond acceptors (Lipinski definition) is 9. The van der Waals surface area contributed by atoms with Gasteiger partial charge < -0.3 is 24.3 Å². The Hall–Kier alpha value is -5.01. The quantitative estimate of drug-likeness (QED) is 0.0615. The van der Waals surface area contributed by atoms with Crippen molar-refractivity contribution < 1.29 is 23.7 Å². The molecule has 240 valence electrons. The molecule has 14 nitrogen and oxygen atoms in total. The van der Waals surface area contributed by atoms with E-state index in [0.29, 0.717) is 82.1 Å². The summed E-state index contributed by atoms with van der Waals surface area (Å²) in [5.74, 6) is 0.350. The average molecular weight is 628 g/mol. The molecule has 0 atom stereocenters. The molecule has 0 radical (unpaired) electrons. The molecule has 0 bridgehead atoms. The topological polar surface area (TPSA) is 163 Å². The lowest BCUT2D eigenvalue weighted by Crippen LogP contribution is -2.14. The van der Waals surface area contributed by atoms with E-state index < -0.39 is 0 Å². The molecule has 1 aromatic carbocycles. The monoisotopic (exact) mass is 627 g/mol. The third-order valence-corrected chi connectivity index (χ3v) is 7.03. The number of fused-ring (bicyclic) bond motifs is 2. The van der Waals surface area contributed by atoms with Gasteiger partial charge in [-0.05, 0) is 55.3 Å². The number of imidazole rings is 1. The van der Waals surface area contributed by atoms with Gasteiger partial charge in [0.25, 0.3) is 5.91 Å². The van der Waals surface area contributed by atoms with Crippen molar-refractivity contribution in [1.29, 1.82) is 0 Å². The van der Waals surface area contributed by atoms with Crippen molar-refractivity contribution in [2.45, 2.75) is 26.8 Å². The van der Waals surface area contributed by atoms with Gasteiger partial charge in [-0.15, -0.1) is 0 Å². The Kier molecular flexibility index (Phi) is 11.5. The van der Waals surface area contributed by atoms with Crippen LogP contribution in [0, 0.1) is 6.92 Å². The van der Waals surface area contributed by atoms with Crippen molar-refractivity contribution in [2.75, 3.05) is 58.1 Å². The molecule has 4 heterocycles. The van der Waals surface area contributed by atoms with Crippen LogP contribution in [0.5, 0.6) is 5.75 Å². The van der Waals surface area contributed by atoms with Gasteiger partial charge in [-0.1, -0.05) is 18.1 Å². The fraction of sp³-hybridized carbons (Fsp3) is 0.375. The molecule has 0 fully saturated rings. The molecular weight excluding hydrogens is 590 g/mol. The molecule has 0 unspecified atom stereocenters. The highest BCUT2D eigenvalue weighted by atomic mass is 16.6. The number of anilines is 1. The number of carbonyl (C=O) groups excluding carboxylic acids is 1. The zero-order chi connectivity index (χ0) is 32.1. The third kappa shape index (κ3) is 8.58. The van der Waals surface area contributed by atoms with E-state index >= 15 is 0 Å². The van der Waals surface area contributed by atoms with Gasteiger partial charge in [0.2, 0.25) is 0 Å². The van der Waals surface area contributed by atoms with Crippen molar-refractivity contribution >= 4 is 28.1 Å². The number of ether oxygens (including phenoxy) is 4. The molecule has 5 aromatic rings. The maximum atomic E-state index is 13.3. The minimum Gasteiger partial charge on any atom is -0.491 e. The fourth-order valence-corrected chi connectivity index (χ4v) is 4.87. The third-order valence-electron chi connectivity index (χ3n) is 7.03. The average Bonchev–Trinajstić information content (AvgIpc) is 3.64. The highest BCUT2D eigenvalue weighted by Gasteiger charge is 2.16. The van der Waals surface area contributed by atoms with Gasteiger partial charge in [-0.25, -0.2) is 4.98 Å². The van der Waals surface area contributed by atoms with Crippen LogP contribution < -0.4 is 10.1 Å². The first kappa shape index (κ1) is 32.4. The molecule has 4 aromatic heterocycles. The van der Waals surface area contributed by atoms with Crippen molar-refractivity contribution in [1.82, 2.24) is 24.1 Å². The maximum Gasteiger partial charge on any atom is 0.274 e. The summed E-state index contributed by atoms with van der Waals surface area (Å²) in [5.41, 5.74) is 13.7. The summed E-state index contributed by atoms with van der Waals surface area (Å²) in [4.78, 5) is 24.9. The number of hydrogen-bond donors (Lipinski definition) is 1. The molecule has 5 rings (SSSR count). The number of rotatable bonds is 18. The van der Waals surface area contributed by atoms with E-state index in [-0.39, 0.29) is 5.91 Å². The lowest BCUT2D eigenvalue weighted by Gasteiger charge is -2.09. The first-order chi connectivity index (χ1) is 22.6. The Morgan fingerprint density at radius 2 is 1.78 bits per heavy atom. The fourth-order valence-electron chi connectivity index (χ4n) is 4.87. The zero-order valence-corrected chi connectivity index (χ0v) is 26.0. The second-order valence-corrected chi connectivity index (χ2v) is 10.3. The van der Waals surface area contributed by atoms with Crippen molar-refractivity contribution in [3.05, 3.63) is 94.1 Å². The van der Waals surface area contributed by atoms with Crippen LogP contribution in [0.15, 0.2) is 66.0 Å². The number of pyridine rings is 2. The van der Waals surface area contributed by atoms with Crippen LogP contribution in [0.1, 0.15) is 34.5 Å². The van der Waals surface area contributed by atoms with Gasteiger partial charge in [-0.2, -0.15) is 5.10 Å². The Bertz CT molecular complexity index is 1810. The first-order valence-corrected chi connectivity index (χ1v) is 15.1. The van der Waals surface area contributed by atoms with E-state index in [0.717, 1.165) is 34.4 Å². The summed E-state index contributed by atoms with van der Waals surface area (Å²) in [6.45, 7) is 7.78. The summed E-state index contributed by atoms with van der Waals surface area (Å²) >= 11 is 0. The predicted molar refractivity (Wildman–Crippen MR) is 172 cm³/mol. The van der Waals surface area contributed by atoms with Crippen LogP contribution in [0.2, 0.25) is 0 Å². The summed E-state index contributed by atoms with van der Waals surface area (Å²) in [6, 6.07) is 15.4. The van der Waals surface area contributed by atoms with E-state index in [1.807, 2.05) is 48.0 Å². The van der Waals surface area contributed by atoms with Crippen molar-refractivity contribution in [2.24, 2.45) is 5.11 Å². The molecule has 1 N–H and O–H groups in total. The molecule has 14 heteroatoms. The molecule has 46 heavy (non-hydrogen) atoms. The van der Waals surface area contributed by atoms with Crippen molar-refractivity contribution in [3.63, 3.8) is 0 Å². The number of azide groups is 1. The van der Waals surface area contributed by atoms with Crippen LogP contribution in [-0.4, -0.2) is 82.8 Å². The second kappa shape index (κ2) is 16.3. The van der Waals surface area contributed by atoms with Crippen LogP contribution in [0.3, 0.4) is 0 Å². The van der Waals surface area contributed by atoms with Gasteiger partial charge in [0.05, 0.1) is 69.3 Å².